The number of carbonyl (C=O) groups excluding carboxylic acids is 1. The molecule has 20 heavy (non-hydrogen) atoms. The minimum Gasteiger partial charge on any atom is -0.434 e. The van der Waals surface area contributed by atoms with Crippen molar-refractivity contribution in [2.45, 2.75) is 26.1 Å². The number of halogens is 7. The number of hydrogen-bond acceptors (Lipinski definition) is 2. The largest absolute Gasteiger partial charge is 0.434 e. The maximum Gasteiger partial charge on any atom is 0.416 e. The molecule has 0 spiro atoms. The smallest absolute Gasteiger partial charge is 0.416 e. The van der Waals surface area contributed by atoms with Crippen molar-refractivity contribution < 1.29 is 40.3 Å². The van der Waals surface area contributed by atoms with Crippen molar-refractivity contribution in [3.63, 3.8) is 0 Å². The second-order valence-electron chi connectivity index (χ2n) is 3.67. The summed E-state index contributed by atoms with van der Waals surface area (Å²) in [6.07, 6.45) is -8.43. The van der Waals surface area contributed by atoms with E-state index in [2.05, 4.69) is 4.74 Å². The van der Waals surface area contributed by atoms with Gasteiger partial charge < -0.3 is 4.74 Å². The zero-order valence-electron chi connectivity index (χ0n) is 9.77. The zero-order valence-corrected chi connectivity index (χ0v) is 9.77. The van der Waals surface area contributed by atoms with E-state index in [0.717, 1.165) is 6.92 Å². The van der Waals surface area contributed by atoms with E-state index in [1.165, 1.54) is 0 Å². The highest BCUT2D eigenvalue weighted by Gasteiger charge is 2.35. The van der Waals surface area contributed by atoms with Gasteiger partial charge in [0.05, 0.1) is 11.1 Å². The van der Waals surface area contributed by atoms with Crippen molar-refractivity contribution in [1.29, 1.82) is 0 Å². The molecule has 2 nitrogen and oxygen atoms in total. The van der Waals surface area contributed by atoms with Crippen LogP contribution in [0.3, 0.4) is 0 Å². The summed E-state index contributed by atoms with van der Waals surface area (Å²) in [7, 11) is 0. The predicted octanol–water partition coefficient (Wildman–Crippen LogP) is 4.45. The van der Waals surface area contributed by atoms with Crippen LogP contribution in [-0.2, 0) is 6.18 Å². The number of benzene rings is 1. The van der Waals surface area contributed by atoms with Gasteiger partial charge in [-0.15, -0.1) is 0 Å². The van der Waals surface area contributed by atoms with Crippen LogP contribution in [-0.4, -0.2) is 12.4 Å². The van der Waals surface area contributed by atoms with Gasteiger partial charge in [-0.05, 0) is 19.1 Å². The maximum absolute atomic E-state index is 12.8. The normalized spacial score (nSPS) is 12.1. The molecule has 0 aliphatic carbocycles. The number of carbonyl (C=O) groups is 1. The summed E-state index contributed by atoms with van der Waals surface area (Å²) >= 11 is 0. The number of ketones is 1. The van der Waals surface area contributed by atoms with Gasteiger partial charge >= 0.3 is 12.8 Å². The standard InChI is InChI=1S/C11H7F7O2/c1-4(19)6-2-5(11(16,17)18)3-7(20-10(14)15)8(6)9(12)13/h2-3,9-10H,1H3. The molecule has 0 heterocycles. The van der Waals surface area contributed by atoms with Crippen LogP contribution in [0, 0.1) is 0 Å². The molecule has 1 aromatic rings. The quantitative estimate of drug-likeness (QED) is 0.607. The van der Waals surface area contributed by atoms with Gasteiger partial charge in [0.25, 0.3) is 6.43 Å². The number of rotatable bonds is 4. The van der Waals surface area contributed by atoms with Crippen LogP contribution in [0.2, 0.25) is 0 Å². The molecule has 0 aromatic heterocycles. The third-order valence-electron chi connectivity index (χ3n) is 2.28. The summed E-state index contributed by atoms with van der Waals surface area (Å²) in [5, 5.41) is 0. The molecule has 0 aliphatic heterocycles. The fourth-order valence-corrected chi connectivity index (χ4v) is 1.50. The Morgan fingerprint density at radius 3 is 2.05 bits per heavy atom. The highest BCUT2D eigenvalue weighted by atomic mass is 19.4. The second kappa shape index (κ2) is 5.68. The van der Waals surface area contributed by atoms with Gasteiger partial charge in [-0.2, -0.15) is 22.0 Å². The Kier molecular flexibility index (Phi) is 4.61. The van der Waals surface area contributed by atoms with E-state index in [0.29, 0.717) is 0 Å². The van der Waals surface area contributed by atoms with Crippen molar-refractivity contribution in [3.05, 3.63) is 28.8 Å². The molecule has 9 heteroatoms. The molecule has 1 aromatic carbocycles. The van der Waals surface area contributed by atoms with Crippen LogP contribution in [0.1, 0.15) is 34.8 Å². The molecule has 0 unspecified atom stereocenters. The van der Waals surface area contributed by atoms with E-state index in [1.807, 2.05) is 0 Å². The zero-order chi connectivity index (χ0) is 15.7. The van der Waals surface area contributed by atoms with Gasteiger partial charge in [0.2, 0.25) is 0 Å². The first-order valence-corrected chi connectivity index (χ1v) is 5.03. The van der Waals surface area contributed by atoms with Crippen LogP contribution in [0.15, 0.2) is 12.1 Å². The van der Waals surface area contributed by atoms with Crippen molar-refractivity contribution in [2.75, 3.05) is 0 Å². The Morgan fingerprint density at radius 2 is 1.70 bits per heavy atom. The fraction of sp³-hybridized carbons (Fsp3) is 0.364. The van der Waals surface area contributed by atoms with Crippen LogP contribution in [0.4, 0.5) is 30.7 Å². The number of hydrogen-bond donors (Lipinski definition) is 0. The molecule has 0 aliphatic rings. The molecule has 112 valence electrons. The summed E-state index contributed by atoms with van der Waals surface area (Å²) < 4.78 is 91.0. The topological polar surface area (TPSA) is 26.3 Å². The van der Waals surface area contributed by atoms with Crippen molar-refractivity contribution in [1.82, 2.24) is 0 Å². The lowest BCUT2D eigenvalue weighted by atomic mass is 9.99. The molecular formula is C11H7F7O2. The fourth-order valence-electron chi connectivity index (χ4n) is 1.50. The molecule has 0 amide bonds. The average Bonchev–Trinajstić information content (AvgIpc) is 2.25. The average molecular weight is 304 g/mol. The number of Topliss-reactive ketones (excluding diaryl/α,β-unsaturated/α-hetero) is 1. The summed E-state index contributed by atoms with van der Waals surface area (Å²) in [5.74, 6) is -2.49. The summed E-state index contributed by atoms with van der Waals surface area (Å²) in [4.78, 5) is 11.1. The van der Waals surface area contributed by atoms with E-state index in [1.54, 1.807) is 0 Å². The lowest BCUT2D eigenvalue weighted by Gasteiger charge is -2.16. The Balaban J connectivity index is 3.59. The van der Waals surface area contributed by atoms with E-state index in [-0.39, 0.29) is 12.1 Å². The molecule has 1 rings (SSSR count). The minimum absolute atomic E-state index is 0.0140. The Hall–Kier alpha value is -1.80. The molecule has 0 N–H and O–H groups in total. The highest BCUT2D eigenvalue weighted by molar-refractivity contribution is 5.96. The van der Waals surface area contributed by atoms with Crippen LogP contribution >= 0.6 is 0 Å². The van der Waals surface area contributed by atoms with Crippen molar-refractivity contribution in [3.8, 4) is 5.75 Å². The maximum atomic E-state index is 12.8. The minimum atomic E-state index is -4.99. The summed E-state index contributed by atoms with van der Waals surface area (Å²) in [6.45, 7) is -2.86. The van der Waals surface area contributed by atoms with Gasteiger partial charge in [0.1, 0.15) is 5.75 Å². The van der Waals surface area contributed by atoms with Gasteiger partial charge in [-0.25, -0.2) is 8.78 Å². The number of ether oxygens (including phenoxy) is 1. The van der Waals surface area contributed by atoms with Gasteiger partial charge in [-0.1, -0.05) is 0 Å². The molecule has 0 atom stereocenters. The molecule has 0 saturated carbocycles. The summed E-state index contributed by atoms with van der Waals surface area (Å²) in [5.41, 5.74) is -3.82. The van der Waals surface area contributed by atoms with E-state index >= 15 is 0 Å². The number of alkyl halides is 7. The Bertz CT molecular complexity index is 508. The first kappa shape index (κ1) is 16.3. The predicted molar refractivity (Wildman–Crippen MR) is 53.0 cm³/mol. The van der Waals surface area contributed by atoms with Crippen LogP contribution in [0.25, 0.3) is 0 Å². The molecule has 0 bridgehead atoms. The SMILES string of the molecule is CC(=O)c1cc(C(F)(F)F)cc(OC(F)F)c1C(F)F. The third kappa shape index (κ3) is 3.61. The van der Waals surface area contributed by atoms with Crippen LogP contribution in [0.5, 0.6) is 5.75 Å². The first-order valence-electron chi connectivity index (χ1n) is 5.03. The summed E-state index contributed by atoms with van der Waals surface area (Å²) in [6, 6.07) is 0.197. The van der Waals surface area contributed by atoms with Crippen molar-refractivity contribution in [2.24, 2.45) is 0 Å². The van der Waals surface area contributed by atoms with Gasteiger partial charge in [0.15, 0.2) is 5.78 Å². The first-order chi connectivity index (χ1) is 9.04. The van der Waals surface area contributed by atoms with Gasteiger partial charge in [-0.3, -0.25) is 4.79 Å². The van der Waals surface area contributed by atoms with Crippen molar-refractivity contribution >= 4 is 5.78 Å². The second-order valence-corrected chi connectivity index (χ2v) is 3.67. The van der Waals surface area contributed by atoms with E-state index < -0.39 is 47.4 Å². The molecule has 0 radical (unpaired) electrons. The highest BCUT2D eigenvalue weighted by Crippen LogP contribution is 2.39. The monoisotopic (exact) mass is 304 g/mol. The third-order valence-corrected chi connectivity index (χ3v) is 2.28. The lowest BCUT2D eigenvalue weighted by Crippen LogP contribution is -2.13. The molecular weight excluding hydrogens is 297 g/mol. The molecule has 0 saturated heterocycles. The lowest BCUT2D eigenvalue weighted by molar-refractivity contribution is -0.138. The van der Waals surface area contributed by atoms with Gasteiger partial charge in [0, 0.05) is 5.56 Å². The Morgan fingerprint density at radius 1 is 1.15 bits per heavy atom. The van der Waals surface area contributed by atoms with E-state index in [4.69, 9.17) is 0 Å². The van der Waals surface area contributed by atoms with Crippen LogP contribution < -0.4 is 4.74 Å². The molecule has 0 fully saturated rings. The Labute approximate surface area is 108 Å². The van der Waals surface area contributed by atoms with E-state index in [9.17, 15) is 35.5 Å².